The quantitative estimate of drug-likeness (QED) is 0.629. The molecular formula is C11H23F2NO. The molecule has 0 fully saturated rings. The Morgan fingerprint density at radius 1 is 1.33 bits per heavy atom. The van der Waals surface area contributed by atoms with Gasteiger partial charge in [0.05, 0.1) is 6.54 Å². The van der Waals surface area contributed by atoms with Crippen LogP contribution in [0.4, 0.5) is 8.78 Å². The van der Waals surface area contributed by atoms with Crippen molar-refractivity contribution in [1.29, 1.82) is 0 Å². The van der Waals surface area contributed by atoms with E-state index in [2.05, 4.69) is 19.2 Å². The highest BCUT2D eigenvalue weighted by Gasteiger charge is 2.26. The van der Waals surface area contributed by atoms with Gasteiger partial charge in [-0.25, -0.2) is 8.78 Å². The second kappa shape index (κ2) is 7.99. The van der Waals surface area contributed by atoms with Crippen molar-refractivity contribution in [3.05, 3.63) is 0 Å². The van der Waals surface area contributed by atoms with Gasteiger partial charge < -0.3 is 10.4 Å². The van der Waals surface area contributed by atoms with Gasteiger partial charge >= 0.3 is 0 Å². The van der Waals surface area contributed by atoms with Gasteiger partial charge in [-0.1, -0.05) is 33.1 Å². The van der Waals surface area contributed by atoms with Crippen LogP contribution in [0.25, 0.3) is 0 Å². The summed E-state index contributed by atoms with van der Waals surface area (Å²) in [6.45, 7) is 3.32. The largest absolute Gasteiger partial charge is 0.390 e. The molecule has 0 heterocycles. The number of rotatable bonds is 9. The number of nitrogens with one attached hydrogen (secondary N) is 1. The van der Waals surface area contributed by atoms with Crippen molar-refractivity contribution >= 4 is 0 Å². The summed E-state index contributed by atoms with van der Waals surface area (Å²) in [7, 11) is 0. The Morgan fingerprint density at radius 3 is 2.47 bits per heavy atom. The summed E-state index contributed by atoms with van der Waals surface area (Å²) in [5, 5.41) is 11.1. The molecule has 15 heavy (non-hydrogen) atoms. The standard InChI is InChI=1S/C11H23F2NO/c1-3-5-6-10(4-2)7-14-8-11(12,13)9-15/h10,14-15H,3-9H2,1-2H3. The highest BCUT2D eigenvalue weighted by atomic mass is 19.3. The molecule has 1 unspecified atom stereocenters. The first kappa shape index (κ1) is 14.8. The van der Waals surface area contributed by atoms with Gasteiger partial charge in [-0.05, 0) is 18.9 Å². The maximum Gasteiger partial charge on any atom is 0.282 e. The normalized spacial score (nSPS) is 14.2. The topological polar surface area (TPSA) is 32.3 Å². The summed E-state index contributed by atoms with van der Waals surface area (Å²) in [5.41, 5.74) is 0. The predicted octanol–water partition coefficient (Wildman–Crippen LogP) is 2.42. The van der Waals surface area contributed by atoms with Crippen molar-refractivity contribution in [2.75, 3.05) is 19.7 Å². The van der Waals surface area contributed by atoms with Crippen LogP contribution in [0, 0.1) is 5.92 Å². The van der Waals surface area contributed by atoms with Crippen LogP contribution < -0.4 is 5.32 Å². The Hall–Kier alpha value is -0.220. The Morgan fingerprint density at radius 2 is 2.00 bits per heavy atom. The molecule has 0 radical (unpaired) electrons. The Balaban J connectivity index is 3.62. The molecule has 92 valence electrons. The average molecular weight is 223 g/mol. The van der Waals surface area contributed by atoms with Crippen LogP contribution in [0.3, 0.4) is 0 Å². The van der Waals surface area contributed by atoms with Crippen LogP contribution in [-0.2, 0) is 0 Å². The first-order valence-corrected chi connectivity index (χ1v) is 5.75. The average Bonchev–Trinajstić information content (AvgIpc) is 2.23. The summed E-state index contributed by atoms with van der Waals surface area (Å²) in [6, 6.07) is 0. The lowest BCUT2D eigenvalue weighted by Gasteiger charge is -2.18. The lowest BCUT2D eigenvalue weighted by molar-refractivity contribution is -0.0480. The number of hydrogen-bond donors (Lipinski definition) is 2. The molecule has 0 saturated carbocycles. The fraction of sp³-hybridized carbons (Fsp3) is 1.00. The molecule has 0 rings (SSSR count). The molecule has 2 N–H and O–H groups in total. The Kier molecular flexibility index (Phi) is 7.88. The van der Waals surface area contributed by atoms with Crippen LogP contribution in [0.2, 0.25) is 0 Å². The minimum absolute atomic E-state index is 0.424. The zero-order valence-corrected chi connectivity index (χ0v) is 9.73. The second-order valence-electron chi connectivity index (χ2n) is 4.06. The second-order valence-corrected chi connectivity index (χ2v) is 4.06. The van der Waals surface area contributed by atoms with E-state index in [1.54, 1.807) is 0 Å². The molecule has 0 saturated heterocycles. The van der Waals surface area contributed by atoms with E-state index in [4.69, 9.17) is 5.11 Å². The molecular weight excluding hydrogens is 200 g/mol. The van der Waals surface area contributed by atoms with E-state index >= 15 is 0 Å². The fourth-order valence-electron chi connectivity index (χ4n) is 1.46. The van der Waals surface area contributed by atoms with Crippen molar-refractivity contribution in [2.45, 2.75) is 45.5 Å². The van der Waals surface area contributed by atoms with Crippen molar-refractivity contribution in [1.82, 2.24) is 5.32 Å². The van der Waals surface area contributed by atoms with Crippen LogP contribution in [0.15, 0.2) is 0 Å². The molecule has 0 aromatic rings. The third-order valence-electron chi connectivity index (χ3n) is 2.59. The van der Waals surface area contributed by atoms with Crippen LogP contribution in [0.5, 0.6) is 0 Å². The summed E-state index contributed by atoms with van der Waals surface area (Å²) < 4.78 is 25.3. The Bertz CT molecular complexity index is 154. The number of alkyl halides is 2. The number of unbranched alkanes of at least 4 members (excludes halogenated alkanes) is 1. The van der Waals surface area contributed by atoms with Gasteiger partial charge in [0.25, 0.3) is 5.92 Å². The predicted molar refractivity (Wildman–Crippen MR) is 58.2 cm³/mol. The molecule has 1 atom stereocenters. The third-order valence-corrected chi connectivity index (χ3v) is 2.59. The fourth-order valence-corrected chi connectivity index (χ4v) is 1.46. The van der Waals surface area contributed by atoms with E-state index in [1.165, 1.54) is 0 Å². The number of halogens is 2. The first-order valence-electron chi connectivity index (χ1n) is 5.75. The van der Waals surface area contributed by atoms with Gasteiger partial charge in [0, 0.05) is 0 Å². The van der Waals surface area contributed by atoms with Crippen LogP contribution >= 0.6 is 0 Å². The van der Waals surface area contributed by atoms with Gasteiger partial charge in [-0.2, -0.15) is 0 Å². The molecule has 4 heteroatoms. The zero-order chi connectivity index (χ0) is 11.7. The molecule has 0 aromatic carbocycles. The highest BCUT2D eigenvalue weighted by Crippen LogP contribution is 2.13. The highest BCUT2D eigenvalue weighted by molar-refractivity contribution is 4.69. The van der Waals surface area contributed by atoms with Crippen LogP contribution in [0.1, 0.15) is 39.5 Å². The molecule has 0 aliphatic heterocycles. The Labute approximate surface area is 91.1 Å². The van der Waals surface area contributed by atoms with Crippen LogP contribution in [-0.4, -0.2) is 30.7 Å². The maximum atomic E-state index is 12.6. The first-order chi connectivity index (χ1) is 7.05. The lowest BCUT2D eigenvalue weighted by atomic mass is 9.99. The monoisotopic (exact) mass is 223 g/mol. The van der Waals surface area contributed by atoms with Gasteiger partial charge in [0.2, 0.25) is 0 Å². The SMILES string of the molecule is CCCCC(CC)CNCC(F)(F)CO. The molecule has 0 aromatic heterocycles. The van der Waals surface area contributed by atoms with E-state index in [-0.39, 0.29) is 0 Å². The summed E-state index contributed by atoms with van der Waals surface area (Å²) in [4.78, 5) is 0. The van der Waals surface area contributed by atoms with Crippen molar-refractivity contribution in [2.24, 2.45) is 5.92 Å². The van der Waals surface area contributed by atoms with Gasteiger partial charge in [-0.3, -0.25) is 0 Å². The summed E-state index contributed by atoms with van der Waals surface area (Å²) in [5.74, 6) is -2.51. The van der Waals surface area contributed by atoms with E-state index in [1.807, 2.05) is 0 Å². The third kappa shape index (κ3) is 7.68. The van der Waals surface area contributed by atoms with Crippen molar-refractivity contribution < 1.29 is 13.9 Å². The molecule has 0 spiro atoms. The smallest absolute Gasteiger partial charge is 0.282 e. The number of aliphatic hydroxyl groups excluding tert-OH is 1. The minimum atomic E-state index is -2.98. The van der Waals surface area contributed by atoms with E-state index in [9.17, 15) is 8.78 Å². The van der Waals surface area contributed by atoms with Gasteiger partial charge in [0.1, 0.15) is 6.61 Å². The van der Waals surface area contributed by atoms with E-state index < -0.39 is 19.1 Å². The number of hydrogen-bond acceptors (Lipinski definition) is 2. The molecule has 0 aliphatic carbocycles. The molecule has 0 bridgehead atoms. The maximum absolute atomic E-state index is 12.6. The van der Waals surface area contributed by atoms with Crippen molar-refractivity contribution in [3.8, 4) is 0 Å². The van der Waals surface area contributed by atoms with Crippen molar-refractivity contribution in [3.63, 3.8) is 0 Å². The summed E-state index contributed by atoms with van der Waals surface area (Å²) in [6.07, 6.45) is 4.39. The van der Waals surface area contributed by atoms with Gasteiger partial charge in [-0.15, -0.1) is 0 Å². The lowest BCUT2D eigenvalue weighted by Crippen LogP contribution is -2.37. The van der Waals surface area contributed by atoms with E-state index in [0.29, 0.717) is 12.5 Å². The molecule has 0 amide bonds. The van der Waals surface area contributed by atoms with E-state index in [0.717, 1.165) is 25.7 Å². The molecule has 0 aliphatic rings. The summed E-state index contributed by atoms with van der Waals surface area (Å²) >= 11 is 0. The number of aliphatic hydroxyl groups is 1. The van der Waals surface area contributed by atoms with Gasteiger partial charge in [0.15, 0.2) is 0 Å². The zero-order valence-electron chi connectivity index (χ0n) is 9.73. The molecule has 2 nitrogen and oxygen atoms in total. The minimum Gasteiger partial charge on any atom is -0.390 e.